The monoisotopic (exact) mass is 278 g/mol. The lowest BCUT2D eigenvalue weighted by Crippen LogP contribution is -2.33. The number of pyridine rings is 1. The fourth-order valence-electron chi connectivity index (χ4n) is 1.56. The van der Waals surface area contributed by atoms with Crippen LogP contribution in [0.1, 0.15) is 0 Å². The van der Waals surface area contributed by atoms with Crippen molar-refractivity contribution in [3.05, 3.63) is 16.1 Å². The van der Waals surface area contributed by atoms with Crippen LogP contribution in [0.25, 0.3) is 0 Å². The second-order valence-corrected chi connectivity index (χ2v) is 5.41. The molecule has 2 heterocycles. The van der Waals surface area contributed by atoms with E-state index < -0.39 is 0 Å². The number of nitrogens with zero attached hydrogens (tertiary/aromatic N) is 2. The average Bonchev–Trinajstić information content (AvgIpc) is 2.30. The van der Waals surface area contributed by atoms with Gasteiger partial charge < -0.3 is 10.3 Å². The highest BCUT2D eigenvalue weighted by Crippen LogP contribution is 2.32. The fraction of sp³-hybridized carbons (Fsp3) is 0.444. The summed E-state index contributed by atoms with van der Waals surface area (Å²) in [6.45, 7) is 1.89. The second kappa shape index (κ2) is 5.31. The van der Waals surface area contributed by atoms with Crippen LogP contribution < -0.4 is 16.2 Å². The van der Waals surface area contributed by atoms with Gasteiger partial charge in [-0.15, -0.1) is 0 Å². The van der Waals surface area contributed by atoms with Gasteiger partial charge in [-0.05, 0) is 6.07 Å². The Bertz CT molecular complexity index is 382. The van der Waals surface area contributed by atoms with Crippen LogP contribution in [0.5, 0.6) is 0 Å². The predicted molar refractivity (Wildman–Crippen MR) is 71.6 cm³/mol. The minimum atomic E-state index is 0.433. The second-order valence-electron chi connectivity index (χ2n) is 3.37. The molecule has 0 bridgehead atoms. The van der Waals surface area contributed by atoms with Gasteiger partial charge in [0.05, 0.1) is 10.0 Å². The molecule has 7 heteroatoms. The summed E-state index contributed by atoms with van der Waals surface area (Å²) >= 11 is 14.0. The summed E-state index contributed by atoms with van der Waals surface area (Å²) in [6.07, 6.45) is 0. The standard InChI is InChI=1S/C9H12Cl2N4S/c10-6-5-7(11)9(13-8(6)14-12)15-1-3-16-4-2-15/h5H,1-4,12H2,(H,13,14). The molecule has 0 atom stereocenters. The Kier molecular flexibility index (Phi) is 4.02. The van der Waals surface area contributed by atoms with E-state index in [2.05, 4.69) is 15.3 Å². The summed E-state index contributed by atoms with van der Waals surface area (Å²) in [5.74, 6) is 8.72. The molecule has 0 amide bonds. The van der Waals surface area contributed by atoms with Crippen LogP contribution in [0.15, 0.2) is 6.07 Å². The van der Waals surface area contributed by atoms with Crippen LogP contribution in [0.2, 0.25) is 10.0 Å². The van der Waals surface area contributed by atoms with Gasteiger partial charge in [-0.2, -0.15) is 11.8 Å². The van der Waals surface area contributed by atoms with Crippen LogP contribution >= 0.6 is 35.0 Å². The topological polar surface area (TPSA) is 54.2 Å². The molecule has 0 saturated carbocycles. The van der Waals surface area contributed by atoms with Crippen molar-refractivity contribution in [3.63, 3.8) is 0 Å². The molecule has 0 aromatic carbocycles. The van der Waals surface area contributed by atoms with Gasteiger partial charge in [-0.3, -0.25) is 0 Å². The Morgan fingerprint density at radius 1 is 1.31 bits per heavy atom. The summed E-state index contributed by atoms with van der Waals surface area (Å²) < 4.78 is 0. The summed E-state index contributed by atoms with van der Waals surface area (Å²) in [4.78, 5) is 6.48. The first kappa shape index (κ1) is 12.1. The van der Waals surface area contributed by atoms with E-state index in [0.717, 1.165) is 30.4 Å². The van der Waals surface area contributed by atoms with Crippen LogP contribution in [0.3, 0.4) is 0 Å². The number of thioether (sulfide) groups is 1. The predicted octanol–water partition coefficient (Wildman–Crippen LogP) is 2.23. The lowest BCUT2D eigenvalue weighted by Gasteiger charge is -2.28. The highest BCUT2D eigenvalue weighted by molar-refractivity contribution is 7.99. The van der Waals surface area contributed by atoms with Crippen molar-refractivity contribution in [3.8, 4) is 0 Å². The molecule has 16 heavy (non-hydrogen) atoms. The Balaban J connectivity index is 2.31. The van der Waals surface area contributed by atoms with Gasteiger partial charge in [0.15, 0.2) is 5.82 Å². The normalized spacial score (nSPS) is 16.3. The number of rotatable bonds is 2. The molecule has 4 nitrogen and oxygen atoms in total. The molecule has 88 valence electrons. The van der Waals surface area contributed by atoms with Crippen molar-refractivity contribution in [2.75, 3.05) is 34.9 Å². The van der Waals surface area contributed by atoms with E-state index in [1.165, 1.54) is 0 Å². The largest absolute Gasteiger partial charge is 0.354 e. The molecular formula is C9H12Cl2N4S. The summed E-state index contributed by atoms with van der Waals surface area (Å²) in [6, 6.07) is 1.67. The van der Waals surface area contributed by atoms with E-state index in [4.69, 9.17) is 29.0 Å². The zero-order valence-corrected chi connectivity index (χ0v) is 10.9. The first-order chi connectivity index (χ1) is 7.72. The van der Waals surface area contributed by atoms with E-state index in [9.17, 15) is 0 Å². The maximum Gasteiger partial charge on any atom is 0.161 e. The van der Waals surface area contributed by atoms with Gasteiger partial charge in [0.25, 0.3) is 0 Å². The molecule has 1 aromatic heterocycles. The Hall–Kier alpha value is -0.360. The maximum atomic E-state index is 6.13. The summed E-state index contributed by atoms with van der Waals surface area (Å²) in [5, 5.41) is 0.999. The van der Waals surface area contributed by atoms with Gasteiger partial charge in [0.1, 0.15) is 5.82 Å². The zero-order chi connectivity index (χ0) is 11.5. The van der Waals surface area contributed by atoms with Crippen molar-refractivity contribution < 1.29 is 0 Å². The van der Waals surface area contributed by atoms with E-state index >= 15 is 0 Å². The summed E-state index contributed by atoms with van der Waals surface area (Å²) in [5.41, 5.74) is 2.47. The zero-order valence-electron chi connectivity index (χ0n) is 8.54. The molecule has 3 N–H and O–H groups in total. The van der Waals surface area contributed by atoms with E-state index in [-0.39, 0.29) is 0 Å². The molecular weight excluding hydrogens is 267 g/mol. The van der Waals surface area contributed by atoms with Crippen molar-refractivity contribution in [2.24, 2.45) is 5.84 Å². The van der Waals surface area contributed by atoms with Gasteiger partial charge in [-0.1, -0.05) is 23.2 Å². The first-order valence-electron chi connectivity index (χ1n) is 4.87. The molecule has 1 aromatic rings. The number of aromatic nitrogens is 1. The molecule has 1 fully saturated rings. The number of hydrogen-bond donors (Lipinski definition) is 2. The van der Waals surface area contributed by atoms with E-state index in [0.29, 0.717) is 15.9 Å². The molecule has 0 aliphatic carbocycles. The third-order valence-electron chi connectivity index (χ3n) is 2.36. The highest BCUT2D eigenvalue weighted by atomic mass is 35.5. The number of nitrogens with two attached hydrogens (primary N) is 1. The first-order valence-corrected chi connectivity index (χ1v) is 6.79. The summed E-state index contributed by atoms with van der Waals surface area (Å²) in [7, 11) is 0. The molecule has 1 aliphatic heterocycles. The van der Waals surface area contributed by atoms with Crippen molar-refractivity contribution in [1.29, 1.82) is 0 Å². The smallest absolute Gasteiger partial charge is 0.161 e. The number of halogens is 2. The van der Waals surface area contributed by atoms with E-state index in [1.54, 1.807) is 6.07 Å². The molecule has 0 radical (unpaired) electrons. The van der Waals surface area contributed by atoms with Crippen molar-refractivity contribution >= 4 is 46.6 Å². The molecule has 1 aliphatic rings. The van der Waals surface area contributed by atoms with Gasteiger partial charge in [-0.25, -0.2) is 10.8 Å². The SMILES string of the molecule is NNc1nc(N2CCSCC2)c(Cl)cc1Cl. The fourth-order valence-corrected chi connectivity index (χ4v) is 2.99. The Morgan fingerprint density at radius 2 is 2.00 bits per heavy atom. The minimum absolute atomic E-state index is 0.433. The lowest BCUT2D eigenvalue weighted by molar-refractivity contribution is 0.840. The van der Waals surface area contributed by atoms with E-state index in [1.807, 2.05) is 11.8 Å². The van der Waals surface area contributed by atoms with Crippen LogP contribution in [0, 0.1) is 0 Å². The third kappa shape index (κ3) is 2.48. The van der Waals surface area contributed by atoms with Crippen LogP contribution in [-0.2, 0) is 0 Å². The number of hydrazine groups is 1. The van der Waals surface area contributed by atoms with Gasteiger partial charge in [0, 0.05) is 24.6 Å². The number of nitrogens with one attached hydrogen (secondary N) is 1. The number of hydrogen-bond acceptors (Lipinski definition) is 5. The number of nitrogen functional groups attached to an aromatic ring is 1. The van der Waals surface area contributed by atoms with Crippen molar-refractivity contribution in [1.82, 2.24) is 4.98 Å². The lowest BCUT2D eigenvalue weighted by atomic mass is 10.4. The van der Waals surface area contributed by atoms with Gasteiger partial charge >= 0.3 is 0 Å². The highest BCUT2D eigenvalue weighted by Gasteiger charge is 2.17. The Morgan fingerprint density at radius 3 is 2.62 bits per heavy atom. The molecule has 1 saturated heterocycles. The van der Waals surface area contributed by atoms with Gasteiger partial charge in [0.2, 0.25) is 0 Å². The van der Waals surface area contributed by atoms with Crippen LogP contribution in [-0.4, -0.2) is 29.6 Å². The molecule has 2 rings (SSSR count). The average molecular weight is 279 g/mol. The maximum absolute atomic E-state index is 6.13. The molecule has 0 spiro atoms. The minimum Gasteiger partial charge on any atom is -0.354 e. The third-order valence-corrected chi connectivity index (χ3v) is 3.87. The molecule has 0 unspecified atom stereocenters. The van der Waals surface area contributed by atoms with Crippen LogP contribution in [0.4, 0.5) is 11.6 Å². The Labute approximate surface area is 108 Å². The quantitative estimate of drug-likeness (QED) is 0.642. The van der Waals surface area contributed by atoms with Crippen molar-refractivity contribution in [2.45, 2.75) is 0 Å². The number of anilines is 2.